The normalized spacial score (nSPS) is 12.3. The second-order valence-corrected chi connectivity index (χ2v) is 3.36. The highest BCUT2D eigenvalue weighted by Gasteiger charge is 1.97. The number of hydrogen-bond acceptors (Lipinski definition) is 1. The first-order valence-corrected chi connectivity index (χ1v) is 5.28. The molecule has 0 heterocycles. The third-order valence-corrected chi connectivity index (χ3v) is 2.03. The Morgan fingerprint density at radius 2 is 2.07 bits per heavy atom. The van der Waals surface area contributed by atoms with Crippen molar-refractivity contribution in [3.05, 3.63) is 23.8 Å². The highest BCUT2D eigenvalue weighted by Crippen LogP contribution is 2.13. The quantitative estimate of drug-likeness (QED) is 0.623. The van der Waals surface area contributed by atoms with Gasteiger partial charge in [0, 0.05) is 6.42 Å². The van der Waals surface area contributed by atoms with Crippen molar-refractivity contribution in [2.45, 2.75) is 46.0 Å². The van der Waals surface area contributed by atoms with Gasteiger partial charge in [-0.3, -0.25) is 4.79 Å². The van der Waals surface area contributed by atoms with Crippen LogP contribution in [0.1, 0.15) is 46.0 Å². The first-order valence-electron chi connectivity index (χ1n) is 5.28. The summed E-state index contributed by atoms with van der Waals surface area (Å²) >= 11 is 0. The summed E-state index contributed by atoms with van der Waals surface area (Å²) < 4.78 is 0. The molecule has 0 aromatic rings. The van der Waals surface area contributed by atoms with E-state index < -0.39 is 0 Å². The lowest BCUT2D eigenvalue weighted by molar-refractivity contribution is -0.118. The van der Waals surface area contributed by atoms with Gasteiger partial charge in [0.15, 0.2) is 0 Å². The van der Waals surface area contributed by atoms with Gasteiger partial charge in [-0.2, -0.15) is 0 Å². The van der Waals surface area contributed by atoms with Gasteiger partial charge < -0.3 is 5.73 Å². The standard InChI is InChI=1S/C12H21NO/c1-3-5-8-11(7-4-2)9-6-10-12(13)14/h3,5,7H,4,6,8-10H2,1-2H3,(H2,13,14)/b5-3-,11-7+. The van der Waals surface area contributed by atoms with Crippen LogP contribution in [-0.4, -0.2) is 5.91 Å². The number of amides is 1. The fourth-order valence-corrected chi connectivity index (χ4v) is 1.34. The van der Waals surface area contributed by atoms with Gasteiger partial charge >= 0.3 is 0 Å². The van der Waals surface area contributed by atoms with Crippen LogP contribution in [0, 0.1) is 0 Å². The topological polar surface area (TPSA) is 43.1 Å². The van der Waals surface area contributed by atoms with Crippen LogP contribution in [0.2, 0.25) is 0 Å². The van der Waals surface area contributed by atoms with Gasteiger partial charge in [-0.15, -0.1) is 0 Å². The molecule has 0 fully saturated rings. The second-order valence-electron chi connectivity index (χ2n) is 3.36. The Morgan fingerprint density at radius 3 is 2.57 bits per heavy atom. The minimum atomic E-state index is -0.202. The summed E-state index contributed by atoms with van der Waals surface area (Å²) in [4.78, 5) is 10.5. The second kappa shape index (κ2) is 8.54. The third kappa shape index (κ3) is 7.59. The first-order chi connectivity index (χ1) is 6.70. The summed E-state index contributed by atoms with van der Waals surface area (Å²) in [6.45, 7) is 4.15. The largest absolute Gasteiger partial charge is 0.370 e. The van der Waals surface area contributed by atoms with Crippen LogP contribution in [0.4, 0.5) is 0 Å². The number of nitrogens with two attached hydrogens (primary N) is 1. The number of hydrogen-bond donors (Lipinski definition) is 1. The van der Waals surface area contributed by atoms with E-state index in [0.29, 0.717) is 6.42 Å². The fourth-order valence-electron chi connectivity index (χ4n) is 1.34. The molecule has 0 saturated carbocycles. The Bertz CT molecular complexity index is 216. The summed E-state index contributed by atoms with van der Waals surface area (Å²) in [5.74, 6) is -0.202. The van der Waals surface area contributed by atoms with E-state index in [4.69, 9.17) is 5.73 Å². The Balaban J connectivity index is 3.85. The minimum absolute atomic E-state index is 0.202. The Kier molecular flexibility index (Phi) is 7.90. The molecule has 0 unspecified atom stereocenters. The van der Waals surface area contributed by atoms with Gasteiger partial charge in [0.25, 0.3) is 0 Å². The van der Waals surface area contributed by atoms with Crippen molar-refractivity contribution >= 4 is 5.91 Å². The number of allylic oxidation sites excluding steroid dienone is 4. The molecule has 0 rings (SSSR count). The van der Waals surface area contributed by atoms with Gasteiger partial charge in [-0.05, 0) is 32.6 Å². The molecule has 0 bridgehead atoms. The van der Waals surface area contributed by atoms with Gasteiger partial charge in [-0.25, -0.2) is 0 Å². The lowest BCUT2D eigenvalue weighted by Gasteiger charge is -2.03. The van der Waals surface area contributed by atoms with Gasteiger partial charge in [-0.1, -0.05) is 30.7 Å². The highest BCUT2D eigenvalue weighted by atomic mass is 16.1. The molecule has 0 aromatic heterocycles. The molecular formula is C12H21NO. The van der Waals surface area contributed by atoms with Gasteiger partial charge in [0.1, 0.15) is 0 Å². The maximum atomic E-state index is 10.5. The van der Waals surface area contributed by atoms with Crippen molar-refractivity contribution in [1.82, 2.24) is 0 Å². The van der Waals surface area contributed by atoms with Crippen LogP contribution >= 0.6 is 0 Å². The smallest absolute Gasteiger partial charge is 0.217 e. The Labute approximate surface area is 86.9 Å². The van der Waals surface area contributed by atoms with Gasteiger partial charge in [0.2, 0.25) is 5.91 Å². The molecule has 0 atom stereocenters. The molecular weight excluding hydrogens is 174 g/mol. The number of carbonyl (C=O) groups is 1. The zero-order valence-corrected chi connectivity index (χ0v) is 9.25. The van der Waals surface area contributed by atoms with Crippen LogP contribution < -0.4 is 5.73 Å². The molecule has 2 N–H and O–H groups in total. The van der Waals surface area contributed by atoms with Crippen molar-refractivity contribution in [2.75, 3.05) is 0 Å². The number of primary amides is 1. The zero-order chi connectivity index (χ0) is 10.8. The van der Waals surface area contributed by atoms with Crippen molar-refractivity contribution < 1.29 is 4.79 Å². The molecule has 0 aromatic carbocycles. The highest BCUT2D eigenvalue weighted by molar-refractivity contribution is 5.73. The van der Waals surface area contributed by atoms with Crippen molar-refractivity contribution in [3.63, 3.8) is 0 Å². The lowest BCUT2D eigenvalue weighted by atomic mass is 10.0. The summed E-state index contributed by atoms with van der Waals surface area (Å²) in [6, 6.07) is 0. The van der Waals surface area contributed by atoms with E-state index in [1.165, 1.54) is 5.57 Å². The van der Waals surface area contributed by atoms with E-state index in [-0.39, 0.29) is 5.91 Å². The third-order valence-electron chi connectivity index (χ3n) is 2.03. The van der Waals surface area contributed by atoms with E-state index in [1.807, 2.05) is 6.92 Å². The van der Waals surface area contributed by atoms with Crippen molar-refractivity contribution in [3.8, 4) is 0 Å². The van der Waals surface area contributed by atoms with E-state index in [9.17, 15) is 4.79 Å². The maximum absolute atomic E-state index is 10.5. The number of rotatable bonds is 7. The molecule has 0 radical (unpaired) electrons. The summed E-state index contributed by atoms with van der Waals surface area (Å²) in [5.41, 5.74) is 6.49. The van der Waals surface area contributed by atoms with E-state index in [1.54, 1.807) is 0 Å². The minimum Gasteiger partial charge on any atom is -0.370 e. The average molecular weight is 195 g/mol. The molecule has 1 amide bonds. The van der Waals surface area contributed by atoms with Gasteiger partial charge in [0.05, 0.1) is 0 Å². The van der Waals surface area contributed by atoms with Crippen LogP contribution in [-0.2, 0) is 4.79 Å². The first kappa shape index (κ1) is 12.9. The molecule has 0 aliphatic rings. The average Bonchev–Trinajstić information content (AvgIpc) is 2.13. The molecule has 2 heteroatoms. The predicted octanol–water partition coefficient (Wildman–Crippen LogP) is 2.94. The molecule has 2 nitrogen and oxygen atoms in total. The monoisotopic (exact) mass is 195 g/mol. The maximum Gasteiger partial charge on any atom is 0.217 e. The molecule has 0 saturated heterocycles. The zero-order valence-electron chi connectivity index (χ0n) is 9.25. The Morgan fingerprint density at radius 1 is 1.36 bits per heavy atom. The van der Waals surface area contributed by atoms with Crippen LogP contribution in [0.5, 0.6) is 0 Å². The van der Waals surface area contributed by atoms with E-state index in [0.717, 1.165) is 25.7 Å². The molecule has 0 spiro atoms. The molecule has 0 aliphatic heterocycles. The molecule has 80 valence electrons. The van der Waals surface area contributed by atoms with Crippen LogP contribution in [0.15, 0.2) is 23.8 Å². The SMILES string of the molecule is C/C=C\C/C(=C\CC)CCCC(N)=O. The predicted molar refractivity (Wildman–Crippen MR) is 60.9 cm³/mol. The summed E-state index contributed by atoms with van der Waals surface area (Å²) in [6.07, 6.45) is 10.9. The summed E-state index contributed by atoms with van der Waals surface area (Å²) in [7, 11) is 0. The van der Waals surface area contributed by atoms with E-state index in [2.05, 4.69) is 25.2 Å². The van der Waals surface area contributed by atoms with Crippen molar-refractivity contribution in [2.24, 2.45) is 5.73 Å². The number of carbonyl (C=O) groups excluding carboxylic acids is 1. The molecule has 14 heavy (non-hydrogen) atoms. The van der Waals surface area contributed by atoms with Crippen LogP contribution in [0.25, 0.3) is 0 Å². The molecule has 0 aliphatic carbocycles. The summed E-state index contributed by atoms with van der Waals surface area (Å²) in [5, 5.41) is 0. The Hall–Kier alpha value is -1.05. The lowest BCUT2D eigenvalue weighted by Crippen LogP contribution is -2.09. The van der Waals surface area contributed by atoms with E-state index >= 15 is 0 Å². The fraction of sp³-hybridized carbons (Fsp3) is 0.583. The van der Waals surface area contributed by atoms with Crippen molar-refractivity contribution in [1.29, 1.82) is 0 Å². The van der Waals surface area contributed by atoms with Crippen LogP contribution in [0.3, 0.4) is 0 Å².